The average Bonchev–Trinajstić information content (AvgIpc) is 3.45. The van der Waals surface area contributed by atoms with Crippen molar-refractivity contribution in [2.24, 2.45) is 34.0 Å². The fourth-order valence-corrected chi connectivity index (χ4v) is 5.01. The third-order valence-corrected chi connectivity index (χ3v) is 7.24. The molecule has 18 nitrogen and oxygen atoms in total. The summed E-state index contributed by atoms with van der Waals surface area (Å²) in [5.41, 5.74) is 16.6. The largest absolute Gasteiger partial charge is 0.481 e. The van der Waals surface area contributed by atoms with E-state index in [1.165, 1.54) is 4.90 Å². The Hall–Kier alpha value is -4.48. The predicted octanol–water partition coefficient (Wildman–Crippen LogP) is -2.42. The molecule has 5 atom stereocenters. The SMILES string of the molecule is CC(C)C[C@H](NC(=O)CNC(=O)[C@@H]1CCCN1C(=O)[C@@H](N)CCCN=C(N)N)C(=O)N[C@@H](CC(C)C)C(=O)N[C@@H](CC(=O)O)C(=O)O. The second kappa shape index (κ2) is 19.9. The van der Waals surface area contributed by atoms with Gasteiger partial charge in [0.05, 0.1) is 19.0 Å². The number of likely N-dealkylation sites (tertiary alicyclic amines) is 1. The topological polar surface area (TPSA) is 302 Å². The minimum atomic E-state index is -1.71. The van der Waals surface area contributed by atoms with Gasteiger partial charge in [0.15, 0.2) is 5.96 Å². The molecular formula is C29H51N9O9. The summed E-state index contributed by atoms with van der Waals surface area (Å²) in [4.78, 5) is 92.7. The number of hydrogen-bond donors (Lipinski definition) is 9. The number of nitrogens with zero attached hydrogens (tertiary/aromatic N) is 2. The van der Waals surface area contributed by atoms with Gasteiger partial charge in [0, 0.05) is 13.1 Å². The molecule has 1 fully saturated rings. The van der Waals surface area contributed by atoms with E-state index in [4.69, 9.17) is 22.3 Å². The molecule has 12 N–H and O–H groups in total. The van der Waals surface area contributed by atoms with Gasteiger partial charge in [0.1, 0.15) is 24.2 Å². The standard InChI is InChI=1S/C29H51N9O9/c1-15(2)11-18(24(42)36-19(12-16(3)4)25(43)37-20(28(46)47)13-23(40)41)35-22(39)14-34-26(44)21-8-6-10-38(21)27(45)17(30)7-5-9-33-29(31)32/h15-21H,5-14,30H2,1-4H3,(H,34,44)(H,35,39)(H,36,42)(H,37,43)(H,40,41)(H,46,47)(H4,31,32,33)/t17-,18-,19-,20-,21-/m0/s1. The molecule has 47 heavy (non-hydrogen) atoms. The Kier molecular flexibility index (Phi) is 17.2. The van der Waals surface area contributed by atoms with Crippen molar-refractivity contribution in [3.05, 3.63) is 0 Å². The van der Waals surface area contributed by atoms with Crippen LogP contribution in [0.5, 0.6) is 0 Å². The molecule has 0 bridgehead atoms. The van der Waals surface area contributed by atoms with Gasteiger partial charge in [0.25, 0.3) is 0 Å². The maximum atomic E-state index is 13.3. The number of nitrogens with two attached hydrogens (primary N) is 3. The molecule has 1 aliphatic rings. The van der Waals surface area contributed by atoms with Crippen molar-refractivity contribution in [3.8, 4) is 0 Å². The van der Waals surface area contributed by atoms with Crippen molar-refractivity contribution in [1.29, 1.82) is 0 Å². The second-order valence-electron chi connectivity index (χ2n) is 12.4. The molecule has 1 saturated heterocycles. The van der Waals surface area contributed by atoms with E-state index in [1.54, 1.807) is 13.8 Å². The van der Waals surface area contributed by atoms with Crippen LogP contribution in [0.4, 0.5) is 0 Å². The van der Waals surface area contributed by atoms with Crippen molar-refractivity contribution < 1.29 is 43.8 Å². The van der Waals surface area contributed by atoms with Gasteiger partial charge in [0.2, 0.25) is 29.5 Å². The first-order chi connectivity index (χ1) is 21.9. The van der Waals surface area contributed by atoms with Crippen LogP contribution in [-0.4, -0.2) is 112 Å². The van der Waals surface area contributed by atoms with Gasteiger partial charge in [-0.05, 0) is 50.4 Å². The lowest BCUT2D eigenvalue weighted by Gasteiger charge is -2.27. The number of amides is 5. The first-order valence-corrected chi connectivity index (χ1v) is 15.7. The lowest BCUT2D eigenvalue weighted by atomic mass is 9.99. The van der Waals surface area contributed by atoms with E-state index in [0.717, 1.165) is 0 Å². The minimum Gasteiger partial charge on any atom is -0.481 e. The number of carbonyl (C=O) groups is 7. The number of carbonyl (C=O) groups excluding carboxylic acids is 5. The fourth-order valence-electron chi connectivity index (χ4n) is 5.01. The van der Waals surface area contributed by atoms with E-state index >= 15 is 0 Å². The van der Waals surface area contributed by atoms with Crippen LogP contribution in [0.15, 0.2) is 4.99 Å². The summed E-state index contributed by atoms with van der Waals surface area (Å²) in [6.07, 6.45) is 1.15. The molecule has 18 heteroatoms. The van der Waals surface area contributed by atoms with E-state index < -0.39 is 84.6 Å². The Morgan fingerprint density at radius 2 is 1.43 bits per heavy atom. The summed E-state index contributed by atoms with van der Waals surface area (Å²) in [5, 5.41) is 28.1. The average molecular weight is 670 g/mol. The van der Waals surface area contributed by atoms with Crippen LogP contribution in [0.3, 0.4) is 0 Å². The van der Waals surface area contributed by atoms with Gasteiger partial charge in [-0.15, -0.1) is 0 Å². The zero-order valence-electron chi connectivity index (χ0n) is 27.5. The van der Waals surface area contributed by atoms with Crippen LogP contribution >= 0.6 is 0 Å². The molecular weight excluding hydrogens is 618 g/mol. The minimum absolute atomic E-state index is 0.0651. The Morgan fingerprint density at radius 1 is 0.872 bits per heavy atom. The number of aliphatic carboxylic acids is 2. The summed E-state index contributed by atoms with van der Waals surface area (Å²) >= 11 is 0. The van der Waals surface area contributed by atoms with Crippen LogP contribution in [0.1, 0.15) is 72.6 Å². The summed E-state index contributed by atoms with van der Waals surface area (Å²) in [6, 6.07) is -5.71. The molecule has 0 spiro atoms. The van der Waals surface area contributed by atoms with Gasteiger partial charge in [-0.3, -0.25) is 33.8 Å². The molecule has 0 aliphatic carbocycles. The number of guanidine groups is 1. The summed E-state index contributed by atoms with van der Waals surface area (Å²) in [5.74, 6) is -6.48. The molecule has 0 aromatic rings. The maximum Gasteiger partial charge on any atom is 0.326 e. The molecule has 0 aromatic carbocycles. The predicted molar refractivity (Wildman–Crippen MR) is 170 cm³/mol. The molecule has 0 radical (unpaired) electrons. The lowest BCUT2D eigenvalue weighted by Crippen LogP contribution is -2.57. The van der Waals surface area contributed by atoms with Gasteiger partial charge in [-0.1, -0.05) is 27.7 Å². The molecule has 0 aromatic heterocycles. The van der Waals surface area contributed by atoms with Crippen LogP contribution < -0.4 is 38.5 Å². The van der Waals surface area contributed by atoms with E-state index in [-0.39, 0.29) is 30.6 Å². The first-order valence-electron chi connectivity index (χ1n) is 15.7. The highest BCUT2D eigenvalue weighted by molar-refractivity contribution is 5.95. The van der Waals surface area contributed by atoms with Crippen LogP contribution in [0.2, 0.25) is 0 Å². The molecule has 1 rings (SSSR count). The zero-order chi connectivity index (χ0) is 35.8. The smallest absolute Gasteiger partial charge is 0.326 e. The Bertz CT molecular complexity index is 1160. The second-order valence-corrected chi connectivity index (χ2v) is 12.4. The number of nitrogens with one attached hydrogen (secondary N) is 4. The zero-order valence-corrected chi connectivity index (χ0v) is 27.5. The first kappa shape index (κ1) is 40.5. The summed E-state index contributed by atoms with van der Waals surface area (Å²) < 4.78 is 0. The monoisotopic (exact) mass is 669 g/mol. The third kappa shape index (κ3) is 15.1. The van der Waals surface area contributed by atoms with Gasteiger partial charge in [-0.2, -0.15) is 0 Å². The van der Waals surface area contributed by atoms with Gasteiger partial charge in [-0.25, -0.2) is 4.79 Å². The highest BCUT2D eigenvalue weighted by Crippen LogP contribution is 2.19. The molecule has 1 aliphatic heterocycles. The maximum absolute atomic E-state index is 13.3. The van der Waals surface area contributed by atoms with Crippen LogP contribution in [0.25, 0.3) is 0 Å². The Morgan fingerprint density at radius 3 is 1.94 bits per heavy atom. The van der Waals surface area contributed by atoms with Crippen molar-refractivity contribution >= 4 is 47.4 Å². The third-order valence-electron chi connectivity index (χ3n) is 7.24. The van der Waals surface area contributed by atoms with Crippen LogP contribution in [-0.2, 0) is 33.6 Å². The van der Waals surface area contributed by atoms with Crippen LogP contribution in [0, 0.1) is 11.8 Å². The molecule has 0 saturated carbocycles. The van der Waals surface area contributed by atoms with E-state index in [9.17, 15) is 38.7 Å². The molecule has 1 heterocycles. The van der Waals surface area contributed by atoms with Crippen molar-refractivity contribution in [3.63, 3.8) is 0 Å². The van der Waals surface area contributed by atoms with E-state index in [1.807, 2.05) is 13.8 Å². The molecule has 0 unspecified atom stereocenters. The fraction of sp³-hybridized carbons (Fsp3) is 0.724. The number of hydrogen-bond acceptors (Lipinski definition) is 9. The normalized spacial score (nSPS) is 16.8. The van der Waals surface area contributed by atoms with Crippen molar-refractivity contribution in [1.82, 2.24) is 26.2 Å². The summed E-state index contributed by atoms with van der Waals surface area (Å²) in [7, 11) is 0. The lowest BCUT2D eigenvalue weighted by molar-refractivity contribution is -0.147. The van der Waals surface area contributed by atoms with Crippen molar-refractivity contribution in [2.45, 2.75) is 103 Å². The number of rotatable bonds is 20. The Balaban J connectivity index is 2.86. The highest BCUT2D eigenvalue weighted by atomic mass is 16.4. The molecule has 5 amide bonds. The van der Waals surface area contributed by atoms with E-state index in [0.29, 0.717) is 38.8 Å². The summed E-state index contributed by atoms with van der Waals surface area (Å²) in [6.45, 7) is 7.32. The van der Waals surface area contributed by atoms with Crippen molar-refractivity contribution in [2.75, 3.05) is 19.6 Å². The number of carboxylic acids is 2. The number of aliphatic imine (C=N–C) groups is 1. The van der Waals surface area contributed by atoms with Gasteiger partial charge < -0.3 is 53.6 Å². The molecule has 266 valence electrons. The highest BCUT2D eigenvalue weighted by Gasteiger charge is 2.36. The van der Waals surface area contributed by atoms with Gasteiger partial charge >= 0.3 is 11.9 Å². The van der Waals surface area contributed by atoms with E-state index in [2.05, 4.69) is 26.3 Å². The Labute approximate surface area is 274 Å². The quantitative estimate of drug-likeness (QED) is 0.0372. The number of carboxylic acid groups (broad SMARTS) is 2.